The van der Waals surface area contributed by atoms with E-state index in [0.717, 1.165) is 0 Å². The minimum absolute atomic E-state index is 1.27. The van der Waals surface area contributed by atoms with E-state index in [2.05, 4.69) is 209 Å². The second-order valence-corrected chi connectivity index (χ2v) is 21.0. The molecule has 0 aromatic heterocycles. The van der Waals surface area contributed by atoms with Crippen molar-refractivity contribution in [2.24, 2.45) is 0 Å². The molecule has 0 bridgehead atoms. The molecule has 0 saturated carbocycles. The van der Waals surface area contributed by atoms with Crippen LogP contribution in [0, 0.1) is 0 Å². The van der Waals surface area contributed by atoms with Crippen molar-refractivity contribution in [2.75, 3.05) is 0 Å². The summed E-state index contributed by atoms with van der Waals surface area (Å²) >= 11 is 0. The van der Waals surface area contributed by atoms with Gasteiger partial charge in [-0.15, -0.1) is 60.1 Å². The summed E-state index contributed by atoms with van der Waals surface area (Å²) in [6, 6.07) is 14.7. The van der Waals surface area contributed by atoms with Crippen molar-refractivity contribution in [3.05, 3.63) is 36.4 Å². The van der Waals surface area contributed by atoms with Gasteiger partial charge in [-0.1, -0.05) is 84.4 Å². The summed E-state index contributed by atoms with van der Waals surface area (Å²) in [6.45, 7) is 0. The molecule has 0 atom stereocenters. The Balaban J connectivity index is 1.42. The first-order chi connectivity index (χ1) is 31.0. The molecule has 0 unspecified atom stereocenters. The second-order valence-electron chi connectivity index (χ2n) is 21.0. The summed E-state index contributed by atoms with van der Waals surface area (Å²) in [7, 11) is 51.7. The van der Waals surface area contributed by atoms with Gasteiger partial charge in [0.15, 0.2) is 0 Å². The van der Waals surface area contributed by atoms with Crippen LogP contribution >= 0.6 is 0 Å². The summed E-state index contributed by atoms with van der Waals surface area (Å²) in [6.07, 6.45) is 0. The van der Waals surface area contributed by atoms with Crippen molar-refractivity contribution in [1.29, 1.82) is 0 Å². The van der Waals surface area contributed by atoms with Crippen molar-refractivity contribution < 1.29 is 0 Å². The first-order valence-electron chi connectivity index (χ1n) is 24.5. The fraction of sp³-hybridized carbons (Fsp3) is 0. The van der Waals surface area contributed by atoms with Gasteiger partial charge in [-0.05, 0) is 99.4 Å². The first kappa shape index (κ1) is 46.8. The first-order valence-corrected chi connectivity index (χ1v) is 24.5. The predicted molar refractivity (Wildman–Crippen MR) is 370 cm³/mol. The molecule has 292 valence electrons. The van der Waals surface area contributed by atoms with Crippen LogP contribution in [-0.2, 0) is 0 Å². The number of rotatable bonds is 3. The van der Waals surface area contributed by atoms with E-state index in [1.807, 2.05) is 0 Å². The molecule has 0 saturated heterocycles. The minimum atomic E-state index is 1.27. The van der Waals surface area contributed by atoms with Gasteiger partial charge in [0.2, 0.25) is 0 Å². The molecule has 0 fully saturated rings. The van der Waals surface area contributed by atoms with Crippen LogP contribution < -0.4 is 120 Å². The highest BCUT2D eigenvalue weighted by Crippen LogP contribution is 2.41. The minimum Gasteiger partial charge on any atom is -0.102 e. The van der Waals surface area contributed by atoms with Crippen LogP contribution in [0.2, 0.25) is 0 Å². The standard InChI is InChI=1S/C44H50B22/c45-23-12(16-19(29(51)39(61)36(58)26(16)48)20-22(23)33(55)41(63)40(62)30(20)52)10-4-2-7-5-9(3-1-8(7)6-10)11-14-17(27(49)37(59)34(56)24(14)46)13(18-15(11)25(47)35(57)38(60)28(18)50)21-31(53)42(64)44(66)43(65)32(21)54/h1-6H,45-66H2. The van der Waals surface area contributed by atoms with Crippen LogP contribution in [0.15, 0.2) is 36.4 Å². The van der Waals surface area contributed by atoms with E-state index in [1.165, 1.54) is 207 Å². The maximum atomic E-state index is 2.51. The SMILES string of the molecule is Bc1c(B)c(B)c(-c2c3c(B)c(B)c(B)c(B)c3c(-c3ccc4cc(-c5c(B)c6c(B)c(B)c(B)c(B)c6c6c(B)c(B)c(B)c(B)c56)ccc4c3)c3c(B)c(B)c(B)c(B)c23)c(B)c1B. The largest absolute Gasteiger partial charge is 0.140 e. The summed E-state index contributed by atoms with van der Waals surface area (Å²) in [5, 5.41) is 13.9. The van der Waals surface area contributed by atoms with Gasteiger partial charge in [0.05, 0.1) is 0 Å². The number of fused-ring (bicyclic) bond motifs is 6. The van der Waals surface area contributed by atoms with Gasteiger partial charge in [-0.25, -0.2) is 0 Å². The average molecular weight is 817 g/mol. The Bertz CT molecular complexity index is 3670. The van der Waals surface area contributed by atoms with Gasteiger partial charge in [-0.2, -0.15) is 0 Å². The third-order valence-electron chi connectivity index (χ3n) is 18.7. The molecule has 9 rings (SSSR count). The lowest BCUT2D eigenvalue weighted by Crippen LogP contribution is -2.55. The molecule has 9 aromatic rings. The molecule has 0 heterocycles. The maximum Gasteiger partial charge on any atom is 0.140 e. The van der Waals surface area contributed by atoms with E-state index < -0.39 is 0 Å². The van der Waals surface area contributed by atoms with Gasteiger partial charge in [-0.3, -0.25) is 0 Å². The van der Waals surface area contributed by atoms with Gasteiger partial charge in [0.1, 0.15) is 173 Å². The predicted octanol–water partition coefficient (Wildman–Crippen LogP) is -25.9. The maximum absolute atomic E-state index is 2.51. The average Bonchev–Trinajstić information content (AvgIpc) is 3.30. The van der Waals surface area contributed by atoms with Crippen molar-refractivity contribution in [3.63, 3.8) is 0 Å². The van der Waals surface area contributed by atoms with Crippen molar-refractivity contribution in [2.45, 2.75) is 0 Å². The van der Waals surface area contributed by atoms with E-state index in [1.54, 1.807) is 0 Å². The number of benzene rings is 9. The number of hydrogen-bond donors (Lipinski definition) is 0. The van der Waals surface area contributed by atoms with Gasteiger partial charge in [0.25, 0.3) is 0 Å². The molecule has 0 nitrogen and oxygen atoms in total. The molecule has 0 aliphatic rings. The highest BCUT2D eigenvalue weighted by atomic mass is 14.3. The summed E-state index contributed by atoms with van der Waals surface area (Å²) in [5.74, 6) is 0. The highest BCUT2D eigenvalue weighted by molar-refractivity contribution is 6.76. The zero-order valence-corrected chi connectivity index (χ0v) is 44.5. The fourth-order valence-corrected chi connectivity index (χ4v) is 12.8. The second kappa shape index (κ2) is 16.2. The van der Waals surface area contributed by atoms with Crippen LogP contribution in [0.3, 0.4) is 0 Å². The summed E-state index contributed by atoms with van der Waals surface area (Å²) in [4.78, 5) is 0. The third kappa shape index (κ3) is 6.23. The lowest BCUT2D eigenvalue weighted by atomic mass is 9.56. The van der Waals surface area contributed by atoms with Crippen LogP contribution in [0.5, 0.6) is 0 Å². The van der Waals surface area contributed by atoms with E-state index in [0.29, 0.717) is 0 Å². The van der Waals surface area contributed by atoms with Crippen LogP contribution in [0.1, 0.15) is 0 Å². The molecule has 22 heteroatoms. The van der Waals surface area contributed by atoms with Crippen LogP contribution in [0.4, 0.5) is 0 Å². The summed E-state index contributed by atoms with van der Waals surface area (Å²) < 4.78 is 0. The Morgan fingerprint density at radius 3 is 0.773 bits per heavy atom. The highest BCUT2D eigenvalue weighted by Gasteiger charge is 2.28. The Hall–Kier alpha value is -4.29. The topological polar surface area (TPSA) is 0 Å². The molecule has 0 radical (unpaired) electrons. The fourth-order valence-electron chi connectivity index (χ4n) is 12.8. The van der Waals surface area contributed by atoms with E-state index in [9.17, 15) is 0 Å². The van der Waals surface area contributed by atoms with Crippen molar-refractivity contribution in [1.82, 2.24) is 0 Å². The molecule has 0 spiro atoms. The molecular weight excluding hydrogens is 766 g/mol. The van der Waals surface area contributed by atoms with Crippen molar-refractivity contribution in [3.8, 4) is 33.4 Å². The van der Waals surface area contributed by atoms with Crippen LogP contribution in [0.25, 0.3) is 87.2 Å². The Morgan fingerprint density at radius 1 is 0.167 bits per heavy atom. The Morgan fingerprint density at radius 2 is 0.409 bits per heavy atom. The molecule has 9 aromatic carbocycles. The molecule has 66 heavy (non-hydrogen) atoms. The normalized spacial score (nSPS) is 11.8. The molecule has 0 aliphatic heterocycles. The van der Waals surface area contributed by atoms with E-state index in [-0.39, 0.29) is 0 Å². The Labute approximate surface area is 413 Å². The molecule has 0 N–H and O–H groups in total. The van der Waals surface area contributed by atoms with Gasteiger partial charge < -0.3 is 0 Å². The van der Waals surface area contributed by atoms with E-state index in [4.69, 9.17) is 0 Å². The van der Waals surface area contributed by atoms with E-state index >= 15 is 0 Å². The zero-order valence-electron chi connectivity index (χ0n) is 44.5. The Kier molecular flexibility index (Phi) is 11.5. The van der Waals surface area contributed by atoms with Crippen molar-refractivity contribution >= 4 is 347 Å². The smallest absolute Gasteiger partial charge is 0.102 e. The number of hydrogen-bond acceptors (Lipinski definition) is 0. The molecular formula is C44H50B22. The van der Waals surface area contributed by atoms with Gasteiger partial charge in [0, 0.05) is 0 Å². The van der Waals surface area contributed by atoms with Gasteiger partial charge >= 0.3 is 0 Å². The van der Waals surface area contributed by atoms with Crippen LogP contribution in [-0.4, -0.2) is 173 Å². The third-order valence-corrected chi connectivity index (χ3v) is 18.7. The lowest BCUT2D eigenvalue weighted by molar-refractivity contribution is 1.72. The molecule has 0 amide bonds. The molecule has 0 aliphatic carbocycles. The quantitative estimate of drug-likeness (QED) is 0.0947. The lowest BCUT2D eigenvalue weighted by Gasteiger charge is -2.30. The monoisotopic (exact) mass is 821 g/mol. The summed E-state index contributed by atoms with van der Waals surface area (Å²) in [5.41, 5.74) is 39.0. The zero-order chi connectivity index (χ0) is 48.2.